The second-order valence-corrected chi connectivity index (χ2v) is 5.35. The molecular weight excluding hydrogens is 238 g/mol. The minimum absolute atomic E-state index is 0.881. The fourth-order valence-electron chi connectivity index (χ4n) is 1.20. The first-order valence-corrected chi connectivity index (χ1v) is 6.81. The maximum absolute atomic E-state index is 4.40. The van der Waals surface area contributed by atoms with E-state index < -0.39 is 0 Å². The SMILES string of the molecule is CCNCc1ccc(Sc2nccs2)nc1. The van der Waals surface area contributed by atoms with Crippen LogP contribution >= 0.6 is 23.1 Å². The Kier molecular flexibility index (Phi) is 4.33. The lowest BCUT2D eigenvalue weighted by atomic mass is 10.3. The molecule has 0 unspecified atom stereocenters. The Morgan fingerprint density at radius 2 is 2.31 bits per heavy atom. The van der Waals surface area contributed by atoms with Crippen molar-refractivity contribution < 1.29 is 0 Å². The molecule has 2 heterocycles. The monoisotopic (exact) mass is 251 g/mol. The zero-order valence-corrected chi connectivity index (χ0v) is 10.6. The average molecular weight is 251 g/mol. The predicted molar refractivity (Wildman–Crippen MR) is 67.9 cm³/mol. The maximum Gasteiger partial charge on any atom is 0.156 e. The van der Waals surface area contributed by atoms with E-state index in [-0.39, 0.29) is 0 Å². The molecule has 0 spiro atoms. The van der Waals surface area contributed by atoms with Crippen molar-refractivity contribution in [2.75, 3.05) is 6.54 Å². The highest BCUT2D eigenvalue weighted by Gasteiger charge is 2.00. The van der Waals surface area contributed by atoms with Crippen LogP contribution in [0.15, 0.2) is 39.3 Å². The maximum atomic E-state index is 4.40. The Morgan fingerprint density at radius 3 is 2.94 bits per heavy atom. The van der Waals surface area contributed by atoms with Crippen LogP contribution in [0.4, 0.5) is 0 Å². The van der Waals surface area contributed by atoms with Gasteiger partial charge in [-0.2, -0.15) is 0 Å². The van der Waals surface area contributed by atoms with Gasteiger partial charge in [0.25, 0.3) is 0 Å². The molecule has 3 nitrogen and oxygen atoms in total. The zero-order valence-electron chi connectivity index (χ0n) is 9.01. The van der Waals surface area contributed by atoms with Crippen LogP contribution < -0.4 is 5.32 Å². The van der Waals surface area contributed by atoms with Crippen LogP contribution in [0.5, 0.6) is 0 Å². The van der Waals surface area contributed by atoms with Gasteiger partial charge in [0.05, 0.1) is 0 Å². The number of aromatic nitrogens is 2. The van der Waals surface area contributed by atoms with Gasteiger partial charge in [0.15, 0.2) is 4.34 Å². The van der Waals surface area contributed by atoms with Crippen molar-refractivity contribution >= 4 is 23.1 Å². The molecule has 0 saturated carbocycles. The summed E-state index contributed by atoms with van der Waals surface area (Å²) in [5.41, 5.74) is 1.21. The number of thiazole rings is 1. The Hall–Kier alpha value is -0.910. The predicted octanol–water partition coefficient (Wildman–Crippen LogP) is 2.80. The lowest BCUT2D eigenvalue weighted by molar-refractivity contribution is 0.723. The van der Waals surface area contributed by atoms with Gasteiger partial charge in [-0.3, -0.25) is 0 Å². The number of hydrogen-bond donors (Lipinski definition) is 1. The van der Waals surface area contributed by atoms with E-state index >= 15 is 0 Å². The highest BCUT2D eigenvalue weighted by atomic mass is 32.2. The van der Waals surface area contributed by atoms with E-state index in [1.165, 1.54) is 5.56 Å². The summed E-state index contributed by atoms with van der Waals surface area (Å²) in [7, 11) is 0. The van der Waals surface area contributed by atoms with Crippen LogP contribution in [-0.2, 0) is 6.54 Å². The average Bonchev–Trinajstić information content (AvgIpc) is 2.81. The second-order valence-electron chi connectivity index (χ2n) is 3.19. The van der Waals surface area contributed by atoms with E-state index in [0.29, 0.717) is 0 Å². The number of nitrogens with one attached hydrogen (secondary N) is 1. The molecule has 1 N–H and O–H groups in total. The summed E-state index contributed by atoms with van der Waals surface area (Å²) in [5, 5.41) is 6.24. The lowest BCUT2D eigenvalue weighted by Gasteiger charge is -2.02. The summed E-state index contributed by atoms with van der Waals surface area (Å²) in [6.07, 6.45) is 3.73. The molecule has 0 atom stereocenters. The van der Waals surface area contributed by atoms with Crippen molar-refractivity contribution in [3.8, 4) is 0 Å². The topological polar surface area (TPSA) is 37.8 Å². The van der Waals surface area contributed by atoms with E-state index in [2.05, 4.69) is 28.3 Å². The fraction of sp³-hybridized carbons (Fsp3) is 0.273. The molecule has 16 heavy (non-hydrogen) atoms. The van der Waals surface area contributed by atoms with E-state index in [1.54, 1.807) is 23.1 Å². The standard InChI is InChI=1S/C11H13N3S2/c1-2-12-7-9-3-4-10(14-8-9)16-11-13-5-6-15-11/h3-6,8,12H,2,7H2,1H3. The molecule has 0 amide bonds. The number of rotatable bonds is 5. The quantitative estimate of drug-likeness (QED) is 0.886. The van der Waals surface area contributed by atoms with Crippen LogP contribution in [0.3, 0.4) is 0 Å². The van der Waals surface area contributed by atoms with Gasteiger partial charge in [0.2, 0.25) is 0 Å². The molecule has 5 heteroatoms. The summed E-state index contributed by atoms with van der Waals surface area (Å²) < 4.78 is 1.03. The van der Waals surface area contributed by atoms with Crippen molar-refractivity contribution in [3.05, 3.63) is 35.5 Å². The Labute approximate surface area is 103 Å². The largest absolute Gasteiger partial charge is 0.313 e. The van der Waals surface area contributed by atoms with E-state index in [1.807, 2.05) is 23.8 Å². The minimum atomic E-state index is 0.881. The molecule has 0 radical (unpaired) electrons. The highest BCUT2D eigenvalue weighted by Crippen LogP contribution is 2.27. The van der Waals surface area contributed by atoms with Crippen LogP contribution in [0.25, 0.3) is 0 Å². The highest BCUT2D eigenvalue weighted by molar-refractivity contribution is 8.00. The fourth-order valence-corrected chi connectivity index (χ4v) is 2.70. The normalized spacial score (nSPS) is 10.6. The molecule has 2 aromatic heterocycles. The van der Waals surface area contributed by atoms with Gasteiger partial charge in [0, 0.05) is 24.3 Å². The van der Waals surface area contributed by atoms with Crippen molar-refractivity contribution in [2.24, 2.45) is 0 Å². The van der Waals surface area contributed by atoms with Gasteiger partial charge in [-0.05, 0) is 29.9 Å². The first-order valence-electron chi connectivity index (χ1n) is 5.11. The van der Waals surface area contributed by atoms with Crippen molar-refractivity contribution in [2.45, 2.75) is 22.8 Å². The molecule has 2 aromatic rings. The Bertz CT molecular complexity index is 411. The third-order valence-corrected chi connectivity index (χ3v) is 3.81. The number of hydrogen-bond acceptors (Lipinski definition) is 5. The van der Waals surface area contributed by atoms with Crippen molar-refractivity contribution in [1.29, 1.82) is 0 Å². The molecule has 0 saturated heterocycles. The summed E-state index contributed by atoms with van der Waals surface area (Å²) in [6.45, 7) is 3.96. The third-order valence-electron chi connectivity index (χ3n) is 1.98. The molecule has 0 aliphatic rings. The summed E-state index contributed by atoms with van der Waals surface area (Å²) >= 11 is 3.24. The molecule has 0 aliphatic heterocycles. The first-order chi connectivity index (χ1) is 7.88. The molecule has 0 aliphatic carbocycles. The summed E-state index contributed by atoms with van der Waals surface area (Å²) in [6, 6.07) is 4.14. The van der Waals surface area contributed by atoms with Crippen LogP contribution in [0.2, 0.25) is 0 Å². The van der Waals surface area contributed by atoms with Gasteiger partial charge in [0.1, 0.15) is 5.03 Å². The smallest absolute Gasteiger partial charge is 0.156 e. The first kappa shape index (κ1) is 11.6. The number of pyridine rings is 1. The van der Waals surface area contributed by atoms with Crippen LogP contribution in [0.1, 0.15) is 12.5 Å². The van der Waals surface area contributed by atoms with Gasteiger partial charge in [-0.1, -0.05) is 13.0 Å². The van der Waals surface area contributed by atoms with E-state index in [9.17, 15) is 0 Å². The minimum Gasteiger partial charge on any atom is -0.313 e. The van der Waals surface area contributed by atoms with Gasteiger partial charge in [-0.25, -0.2) is 9.97 Å². The summed E-state index contributed by atoms with van der Waals surface area (Å²) in [5.74, 6) is 0. The third kappa shape index (κ3) is 3.30. The lowest BCUT2D eigenvalue weighted by Crippen LogP contribution is -2.11. The van der Waals surface area contributed by atoms with Crippen LogP contribution in [-0.4, -0.2) is 16.5 Å². The molecular formula is C11H13N3S2. The number of nitrogens with zero attached hydrogens (tertiary/aromatic N) is 2. The van der Waals surface area contributed by atoms with Crippen LogP contribution in [0, 0.1) is 0 Å². The van der Waals surface area contributed by atoms with Gasteiger partial charge >= 0.3 is 0 Å². The Morgan fingerprint density at radius 1 is 1.38 bits per heavy atom. The molecule has 84 valence electrons. The Balaban J connectivity index is 1.96. The van der Waals surface area contributed by atoms with E-state index in [0.717, 1.165) is 22.5 Å². The molecule has 0 fully saturated rings. The van der Waals surface area contributed by atoms with E-state index in [4.69, 9.17) is 0 Å². The molecule has 0 aromatic carbocycles. The molecule has 0 bridgehead atoms. The van der Waals surface area contributed by atoms with Crippen molar-refractivity contribution in [1.82, 2.24) is 15.3 Å². The van der Waals surface area contributed by atoms with Gasteiger partial charge in [-0.15, -0.1) is 11.3 Å². The van der Waals surface area contributed by atoms with Gasteiger partial charge < -0.3 is 5.32 Å². The summed E-state index contributed by atoms with van der Waals surface area (Å²) in [4.78, 5) is 8.61. The second kappa shape index (κ2) is 5.98. The zero-order chi connectivity index (χ0) is 11.2. The van der Waals surface area contributed by atoms with Crippen molar-refractivity contribution in [3.63, 3.8) is 0 Å². The molecule has 2 rings (SSSR count).